The number of nitrogens with two attached hydrogens (primary N) is 2. The van der Waals surface area contributed by atoms with Gasteiger partial charge in [-0.3, -0.25) is 19.4 Å². The summed E-state index contributed by atoms with van der Waals surface area (Å²) in [5.74, 6) is -1.27. The first-order chi connectivity index (χ1) is 12.5. The average molecular weight is 343 g/mol. The normalized spacial score (nSPS) is 12.5. The molecule has 1 heterocycles. The van der Waals surface area contributed by atoms with Gasteiger partial charge in [0, 0.05) is 46.0 Å². The molecule has 0 fully saturated rings. The van der Waals surface area contributed by atoms with Gasteiger partial charge in [0.05, 0.1) is 11.1 Å². The quantitative estimate of drug-likeness (QED) is 0.426. The van der Waals surface area contributed by atoms with Crippen molar-refractivity contribution in [1.29, 1.82) is 0 Å². The van der Waals surface area contributed by atoms with E-state index in [0.29, 0.717) is 5.56 Å². The summed E-state index contributed by atoms with van der Waals surface area (Å²) in [6, 6.07) is 10.7. The third-order valence-electron chi connectivity index (χ3n) is 4.45. The molecule has 26 heavy (non-hydrogen) atoms. The number of hydrogen-bond acceptors (Lipinski definition) is 6. The molecule has 0 radical (unpaired) electrons. The van der Waals surface area contributed by atoms with Crippen LogP contribution in [0.1, 0.15) is 47.8 Å². The molecule has 1 aliphatic rings. The van der Waals surface area contributed by atoms with E-state index in [-0.39, 0.29) is 39.2 Å². The van der Waals surface area contributed by atoms with Gasteiger partial charge in [0.2, 0.25) is 0 Å². The van der Waals surface area contributed by atoms with Gasteiger partial charge >= 0.3 is 0 Å². The van der Waals surface area contributed by atoms with E-state index in [4.69, 9.17) is 11.5 Å². The monoisotopic (exact) mass is 343 g/mol. The summed E-state index contributed by atoms with van der Waals surface area (Å²) in [6.45, 7) is 0. The van der Waals surface area contributed by atoms with Gasteiger partial charge in [-0.25, -0.2) is 0 Å². The molecular weight excluding hydrogens is 330 g/mol. The molecule has 126 valence electrons. The van der Waals surface area contributed by atoms with Crippen LogP contribution in [0.5, 0.6) is 0 Å². The minimum atomic E-state index is -0.438. The second kappa shape index (κ2) is 5.63. The number of aromatic nitrogens is 1. The number of benzene rings is 2. The molecule has 0 atom stereocenters. The summed E-state index contributed by atoms with van der Waals surface area (Å²) < 4.78 is 0. The second-order valence-corrected chi connectivity index (χ2v) is 5.95. The number of fused-ring (bicyclic) bond motifs is 2. The maximum absolute atomic E-state index is 13.1. The van der Waals surface area contributed by atoms with Crippen LogP contribution in [0.25, 0.3) is 0 Å². The highest BCUT2D eigenvalue weighted by atomic mass is 16.1. The lowest BCUT2D eigenvalue weighted by Crippen LogP contribution is -2.26. The van der Waals surface area contributed by atoms with Crippen LogP contribution in [-0.2, 0) is 0 Å². The summed E-state index contributed by atoms with van der Waals surface area (Å²) in [4.78, 5) is 42.8. The maximum Gasteiger partial charge on any atom is 0.196 e. The zero-order chi connectivity index (χ0) is 18.4. The van der Waals surface area contributed by atoms with Crippen molar-refractivity contribution in [3.8, 4) is 0 Å². The van der Waals surface area contributed by atoms with E-state index in [9.17, 15) is 14.4 Å². The number of carbonyl (C=O) groups is 3. The molecule has 4 rings (SSSR count). The van der Waals surface area contributed by atoms with Crippen LogP contribution in [0, 0.1) is 0 Å². The van der Waals surface area contributed by atoms with E-state index < -0.39 is 17.3 Å². The molecule has 0 unspecified atom stereocenters. The number of nitrogen functional groups attached to an aromatic ring is 2. The lowest BCUT2D eigenvalue weighted by Gasteiger charge is -2.22. The maximum atomic E-state index is 13.1. The molecule has 3 aromatic rings. The lowest BCUT2D eigenvalue weighted by atomic mass is 9.79. The van der Waals surface area contributed by atoms with Gasteiger partial charge in [0.1, 0.15) is 0 Å². The largest absolute Gasteiger partial charge is 0.398 e. The molecular formula is C20H13N3O3. The molecule has 1 aliphatic carbocycles. The highest BCUT2D eigenvalue weighted by Gasteiger charge is 2.35. The fraction of sp³-hybridized carbons (Fsp3) is 0. The SMILES string of the molecule is Nc1cccc2c1C(=O)c1ccc(N)c(C(=O)c3ccncc3)c1C2=O. The Hall–Kier alpha value is -3.80. The third kappa shape index (κ3) is 2.12. The van der Waals surface area contributed by atoms with Crippen LogP contribution in [-0.4, -0.2) is 22.3 Å². The molecule has 1 aromatic heterocycles. The topological polar surface area (TPSA) is 116 Å². The summed E-state index contributed by atoms with van der Waals surface area (Å²) >= 11 is 0. The first kappa shape index (κ1) is 15.7. The van der Waals surface area contributed by atoms with Crippen LogP contribution in [0.2, 0.25) is 0 Å². The standard InChI is InChI=1S/C20H13N3O3/c21-13-3-1-2-11-15(13)19(25)12-4-5-14(22)17(16(12)20(11)26)18(24)10-6-8-23-9-7-10/h1-9H,21-22H2. The number of nitrogens with zero attached hydrogens (tertiary/aromatic N) is 1. The predicted octanol–water partition coefficient (Wildman–Crippen LogP) is 2.25. The molecule has 0 aliphatic heterocycles. The Morgan fingerprint density at radius 2 is 1.42 bits per heavy atom. The minimum Gasteiger partial charge on any atom is -0.398 e. The van der Waals surface area contributed by atoms with Crippen molar-refractivity contribution < 1.29 is 14.4 Å². The zero-order valence-electron chi connectivity index (χ0n) is 13.5. The molecule has 0 spiro atoms. The van der Waals surface area contributed by atoms with Crippen molar-refractivity contribution in [2.75, 3.05) is 11.5 Å². The Bertz CT molecular complexity index is 1100. The molecule has 6 heteroatoms. The van der Waals surface area contributed by atoms with Gasteiger partial charge in [-0.2, -0.15) is 0 Å². The molecule has 6 nitrogen and oxygen atoms in total. The van der Waals surface area contributed by atoms with Crippen LogP contribution in [0.15, 0.2) is 54.9 Å². The lowest BCUT2D eigenvalue weighted by molar-refractivity contribution is 0.0972. The number of rotatable bonds is 2. The Morgan fingerprint density at radius 1 is 0.769 bits per heavy atom. The van der Waals surface area contributed by atoms with Gasteiger partial charge < -0.3 is 11.5 Å². The fourth-order valence-corrected chi connectivity index (χ4v) is 3.22. The van der Waals surface area contributed by atoms with Crippen molar-refractivity contribution in [1.82, 2.24) is 4.98 Å². The predicted molar refractivity (Wildman–Crippen MR) is 96.2 cm³/mol. The Labute approximate surface area is 148 Å². The number of ketones is 3. The van der Waals surface area contributed by atoms with E-state index in [1.54, 1.807) is 12.1 Å². The first-order valence-corrected chi connectivity index (χ1v) is 7.85. The number of anilines is 2. The highest BCUT2D eigenvalue weighted by Crippen LogP contribution is 2.35. The molecule has 0 saturated heterocycles. The summed E-state index contributed by atoms with van der Waals surface area (Å²) in [5, 5.41) is 0. The number of hydrogen-bond donors (Lipinski definition) is 2. The summed E-state index contributed by atoms with van der Waals surface area (Å²) in [5.41, 5.74) is 13.1. The molecule has 4 N–H and O–H groups in total. The third-order valence-corrected chi connectivity index (χ3v) is 4.45. The smallest absolute Gasteiger partial charge is 0.196 e. The second-order valence-electron chi connectivity index (χ2n) is 5.95. The molecule has 0 amide bonds. The minimum absolute atomic E-state index is 0.0231. The van der Waals surface area contributed by atoms with Crippen LogP contribution in [0.3, 0.4) is 0 Å². The Kier molecular flexibility index (Phi) is 3.40. The summed E-state index contributed by atoms with van der Waals surface area (Å²) in [7, 11) is 0. The van der Waals surface area contributed by atoms with Gasteiger partial charge in [-0.1, -0.05) is 12.1 Å². The molecule has 0 bridgehead atoms. The van der Waals surface area contributed by atoms with Gasteiger partial charge in [-0.05, 0) is 30.3 Å². The van der Waals surface area contributed by atoms with Crippen molar-refractivity contribution >= 4 is 28.7 Å². The van der Waals surface area contributed by atoms with Crippen molar-refractivity contribution in [2.45, 2.75) is 0 Å². The number of carbonyl (C=O) groups excluding carboxylic acids is 3. The van der Waals surface area contributed by atoms with E-state index in [1.807, 2.05) is 0 Å². The Morgan fingerprint density at radius 3 is 2.15 bits per heavy atom. The van der Waals surface area contributed by atoms with Crippen LogP contribution < -0.4 is 11.5 Å². The van der Waals surface area contributed by atoms with Crippen molar-refractivity contribution in [2.24, 2.45) is 0 Å². The average Bonchev–Trinajstić information content (AvgIpc) is 2.66. The van der Waals surface area contributed by atoms with Crippen molar-refractivity contribution in [3.05, 3.63) is 88.2 Å². The van der Waals surface area contributed by atoms with E-state index in [0.717, 1.165) is 0 Å². The van der Waals surface area contributed by atoms with Gasteiger partial charge in [-0.15, -0.1) is 0 Å². The number of pyridine rings is 1. The Balaban J connectivity index is 2.00. The van der Waals surface area contributed by atoms with E-state index >= 15 is 0 Å². The van der Waals surface area contributed by atoms with Gasteiger partial charge in [0.15, 0.2) is 17.3 Å². The molecule has 0 saturated carbocycles. The van der Waals surface area contributed by atoms with E-state index in [2.05, 4.69) is 4.98 Å². The van der Waals surface area contributed by atoms with Gasteiger partial charge in [0.25, 0.3) is 0 Å². The summed E-state index contributed by atoms with van der Waals surface area (Å²) in [6.07, 6.45) is 2.95. The zero-order valence-corrected chi connectivity index (χ0v) is 13.5. The first-order valence-electron chi connectivity index (χ1n) is 7.85. The van der Waals surface area contributed by atoms with E-state index in [1.165, 1.54) is 42.7 Å². The van der Waals surface area contributed by atoms with Crippen molar-refractivity contribution in [3.63, 3.8) is 0 Å². The highest BCUT2D eigenvalue weighted by molar-refractivity contribution is 6.34. The fourth-order valence-electron chi connectivity index (χ4n) is 3.22. The molecule has 2 aromatic carbocycles. The van der Waals surface area contributed by atoms with Crippen LogP contribution >= 0.6 is 0 Å². The van der Waals surface area contributed by atoms with Crippen LogP contribution in [0.4, 0.5) is 11.4 Å².